The minimum absolute atomic E-state index is 0.0534. The molecule has 0 radical (unpaired) electrons. The molecule has 3 rings (SSSR count). The zero-order valence-corrected chi connectivity index (χ0v) is 22.5. The Labute approximate surface area is 223 Å². The lowest BCUT2D eigenvalue weighted by atomic mass is 10.1. The number of nitrogens with zero attached hydrogens (tertiary/aromatic N) is 1. The van der Waals surface area contributed by atoms with Crippen LogP contribution < -0.4 is 14.8 Å². The maximum atomic E-state index is 13.3. The minimum atomic E-state index is -4.84. The van der Waals surface area contributed by atoms with Crippen LogP contribution in [0.5, 0.6) is 17.2 Å². The van der Waals surface area contributed by atoms with Gasteiger partial charge < -0.3 is 24.6 Å². The molecule has 1 atom stereocenters. The number of sulfone groups is 1. The van der Waals surface area contributed by atoms with Gasteiger partial charge in [-0.1, -0.05) is 0 Å². The van der Waals surface area contributed by atoms with Gasteiger partial charge in [0.15, 0.2) is 9.84 Å². The summed E-state index contributed by atoms with van der Waals surface area (Å²) < 4.78 is 104. The molecule has 0 saturated carbocycles. The molecule has 1 aliphatic heterocycles. The van der Waals surface area contributed by atoms with Crippen LogP contribution in [0, 0.1) is 0 Å². The third-order valence-corrected chi connectivity index (χ3v) is 10.4. The third-order valence-electron chi connectivity index (χ3n) is 5.97. The van der Waals surface area contributed by atoms with Gasteiger partial charge in [-0.15, -0.1) is 13.2 Å². The van der Waals surface area contributed by atoms with Crippen LogP contribution in [0.25, 0.3) is 0 Å². The first-order valence-corrected chi connectivity index (χ1v) is 14.5. The summed E-state index contributed by atoms with van der Waals surface area (Å²) in [5, 5.41) is 11.4. The van der Waals surface area contributed by atoms with Crippen molar-refractivity contribution in [2.75, 3.05) is 32.1 Å². The average Bonchev–Trinajstić information content (AvgIpc) is 2.84. The van der Waals surface area contributed by atoms with Crippen LogP contribution in [0.3, 0.4) is 0 Å². The molecule has 1 fully saturated rings. The molecule has 216 valence electrons. The third kappa shape index (κ3) is 7.74. The van der Waals surface area contributed by atoms with Crippen molar-refractivity contribution in [2.24, 2.45) is 0 Å². The van der Waals surface area contributed by atoms with Gasteiger partial charge in [0, 0.05) is 13.1 Å². The second-order valence-electron chi connectivity index (χ2n) is 9.00. The summed E-state index contributed by atoms with van der Waals surface area (Å²) in [5.74, 6) is -0.981. The Balaban J connectivity index is 1.77. The van der Waals surface area contributed by atoms with Crippen molar-refractivity contribution in [3.8, 4) is 17.2 Å². The van der Waals surface area contributed by atoms with Gasteiger partial charge in [0.2, 0.25) is 10.0 Å². The van der Waals surface area contributed by atoms with E-state index in [4.69, 9.17) is 9.47 Å². The van der Waals surface area contributed by atoms with Gasteiger partial charge in [0.1, 0.15) is 22.0 Å². The number of amides is 1. The molecule has 1 amide bonds. The minimum Gasteiger partial charge on any atom is -0.465 e. The molecule has 16 heteroatoms. The number of carboxylic acid groups (broad SMARTS) is 1. The Bertz CT molecular complexity index is 1360. The molecule has 1 heterocycles. The molecule has 0 aliphatic carbocycles. The number of alkyl halides is 3. The van der Waals surface area contributed by atoms with E-state index in [1.54, 1.807) is 0 Å². The van der Waals surface area contributed by atoms with Crippen molar-refractivity contribution >= 4 is 26.0 Å². The smallest absolute Gasteiger partial charge is 0.465 e. The van der Waals surface area contributed by atoms with Crippen molar-refractivity contribution in [3.05, 3.63) is 48.5 Å². The number of carbonyl (C=O) groups is 1. The van der Waals surface area contributed by atoms with E-state index in [0.29, 0.717) is 0 Å². The molecule has 2 aromatic rings. The van der Waals surface area contributed by atoms with Gasteiger partial charge in [0.25, 0.3) is 0 Å². The molecule has 0 bridgehead atoms. The molecular weight excluding hydrogens is 569 g/mol. The van der Waals surface area contributed by atoms with Gasteiger partial charge in [-0.25, -0.2) is 21.6 Å². The predicted octanol–water partition coefficient (Wildman–Crippen LogP) is 3.23. The second-order valence-corrected chi connectivity index (χ2v) is 13.5. The maximum Gasteiger partial charge on any atom is 0.573 e. The van der Waals surface area contributed by atoms with Crippen LogP contribution in [0.4, 0.5) is 18.0 Å². The van der Waals surface area contributed by atoms with E-state index in [-0.39, 0.29) is 42.7 Å². The number of rotatable bonds is 10. The Hall–Kier alpha value is -3.08. The number of ether oxygens (including phenoxy) is 3. The van der Waals surface area contributed by atoms with Gasteiger partial charge in [-0.2, -0.15) is 4.31 Å². The SMILES string of the molecule is CC(C)(C(CS(=O)(=O)c1ccc(Oc2ccc(OC(F)(F)F)cc2)cc1)NC(=O)O)S(=O)(=O)N1CCOCC1. The van der Waals surface area contributed by atoms with Crippen LogP contribution in [0.2, 0.25) is 0 Å². The Morgan fingerprint density at radius 1 is 0.974 bits per heavy atom. The lowest BCUT2D eigenvalue weighted by Gasteiger charge is -2.38. The van der Waals surface area contributed by atoms with Crippen molar-refractivity contribution < 1.29 is 54.1 Å². The van der Waals surface area contributed by atoms with Crippen molar-refractivity contribution in [2.45, 2.75) is 35.9 Å². The topological polar surface area (TPSA) is 149 Å². The van der Waals surface area contributed by atoms with E-state index < -0.39 is 54.6 Å². The van der Waals surface area contributed by atoms with Crippen molar-refractivity contribution in [3.63, 3.8) is 0 Å². The van der Waals surface area contributed by atoms with Gasteiger partial charge in [-0.05, 0) is 62.4 Å². The van der Waals surface area contributed by atoms with Crippen LogP contribution in [-0.4, -0.2) is 81.5 Å². The summed E-state index contributed by atoms with van der Waals surface area (Å²) in [5.41, 5.74) is 0. The van der Waals surface area contributed by atoms with Gasteiger partial charge >= 0.3 is 12.5 Å². The highest BCUT2D eigenvalue weighted by Gasteiger charge is 2.48. The molecule has 2 N–H and O–H groups in total. The second kappa shape index (κ2) is 11.6. The molecule has 2 aromatic carbocycles. The van der Waals surface area contributed by atoms with Crippen LogP contribution in [0.15, 0.2) is 53.4 Å². The standard InChI is InChI=1S/C23H27F3N2O9S2/c1-22(2,39(33,34)28-11-13-35-14-12-28)20(27-21(29)30)15-38(31,32)19-9-7-17(8-10-19)36-16-3-5-18(6-4-16)37-23(24,25)26/h3-10,20,27H,11-15H2,1-2H3,(H,29,30). The molecule has 11 nitrogen and oxygen atoms in total. The van der Waals surface area contributed by atoms with Gasteiger partial charge in [-0.3, -0.25) is 0 Å². The number of halogens is 3. The fourth-order valence-corrected chi connectivity index (χ4v) is 7.33. The normalized spacial score (nSPS) is 16.3. The molecule has 0 spiro atoms. The Kier molecular flexibility index (Phi) is 9.04. The molecule has 0 aromatic heterocycles. The Morgan fingerprint density at radius 2 is 1.46 bits per heavy atom. The number of benzene rings is 2. The summed E-state index contributed by atoms with van der Waals surface area (Å²) in [6.07, 6.45) is -6.43. The molecule has 1 unspecified atom stereocenters. The lowest BCUT2D eigenvalue weighted by Crippen LogP contribution is -2.61. The van der Waals surface area contributed by atoms with E-state index >= 15 is 0 Å². The monoisotopic (exact) mass is 596 g/mol. The Morgan fingerprint density at radius 3 is 1.95 bits per heavy atom. The van der Waals surface area contributed by atoms with E-state index in [9.17, 15) is 39.9 Å². The summed E-state index contributed by atoms with van der Waals surface area (Å²) >= 11 is 0. The summed E-state index contributed by atoms with van der Waals surface area (Å²) in [6, 6.07) is 7.98. The highest BCUT2D eigenvalue weighted by molar-refractivity contribution is 7.92. The summed E-state index contributed by atoms with van der Waals surface area (Å²) in [4.78, 5) is 11.3. The quantitative estimate of drug-likeness (QED) is 0.422. The van der Waals surface area contributed by atoms with E-state index in [1.807, 2.05) is 5.32 Å². The molecule has 1 saturated heterocycles. The number of hydrogen-bond donors (Lipinski definition) is 2. The van der Waals surface area contributed by atoms with Crippen LogP contribution in [0.1, 0.15) is 13.8 Å². The zero-order valence-electron chi connectivity index (χ0n) is 20.8. The van der Waals surface area contributed by atoms with Crippen LogP contribution >= 0.6 is 0 Å². The zero-order chi connectivity index (χ0) is 29.1. The number of hydrogen-bond acceptors (Lipinski definition) is 8. The largest absolute Gasteiger partial charge is 0.573 e. The first-order chi connectivity index (χ1) is 18.0. The van der Waals surface area contributed by atoms with E-state index in [2.05, 4.69) is 4.74 Å². The predicted molar refractivity (Wildman–Crippen MR) is 132 cm³/mol. The van der Waals surface area contributed by atoms with Crippen molar-refractivity contribution in [1.29, 1.82) is 0 Å². The van der Waals surface area contributed by atoms with Crippen molar-refractivity contribution in [1.82, 2.24) is 9.62 Å². The summed E-state index contributed by atoms with van der Waals surface area (Å²) in [7, 11) is -8.35. The molecule has 39 heavy (non-hydrogen) atoms. The van der Waals surface area contributed by atoms with E-state index in [1.165, 1.54) is 50.2 Å². The number of nitrogens with one attached hydrogen (secondary N) is 1. The summed E-state index contributed by atoms with van der Waals surface area (Å²) in [6.45, 7) is 2.94. The first kappa shape index (κ1) is 30.5. The maximum absolute atomic E-state index is 13.3. The number of morpholine rings is 1. The highest BCUT2D eigenvalue weighted by atomic mass is 32.2. The highest BCUT2D eigenvalue weighted by Crippen LogP contribution is 2.30. The lowest BCUT2D eigenvalue weighted by molar-refractivity contribution is -0.274. The number of sulfonamides is 1. The van der Waals surface area contributed by atoms with Crippen LogP contribution in [-0.2, 0) is 24.6 Å². The molecular formula is C23H27F3N2O9S2. The first-order valence-electron chi connectivity index (χ1n) is 11.4. The van der Waals surface area contributed by atoms with Gasteiger partial charge in [0.05, 0.1) is 29.9 Å². The fourth-order valence-electron chi connectivity index (χ4n) is 3.74. The molecule has 1 aliphatic rings. The average molecular weight is 597 g/mol. The fraction of sp³-hybridized carbons (Fsp3) is 0.435. The van der Waals surface area contributed by atoms with E-state index in [0.717, 1.165) is 16.4 Å².